The lowest BCUT2D eigenvalue weighted by Crippen LogP contribution is -2.46. The molecule has 0 saturated heterocycles. The zero-order chi connectivity index (χ0) is 23.1. The van der Waals surface area contributed by atoms with E-state index in [-0.39, 0.29) is 23.4 Å². The monoisotopic (exact) mass is 534 g/mol. The third kappa shape index (κ3) is 6.28. The van der Waals surface area contributed by atoms with Crippen molar-refractivity contribution in [3.8, 4) is 0 Å². The molecule has 2 aromatic carbocycles. The summed E-state index contributed by atoms with van der Waals surface area (Å²) in [5, 5.41) is 1.98. The summed E-state index contributed by atoms with van der Waals surface area (Å²) in [4.78, 5) is 16.4. The molecule has 0 aliphatic heterocycles. The first-order valence-electron chi connectivity index (χ1n) is 10.4. The van der Waals surface area contributed by atoms with E-state index >= 15 is 0 Å². The molecule has 0 bridgehead atoms. The van der Waals surface area contributed by atoms with Gasteiger partial charge in [0.1, 0.15) is 0 Å². The molecule has 0 spiro atoms. The van der Waals surface area contributed by atoms with Gasteiger partial charge in [0, 0.05) is 21.9 Å². The highest BCUT2D eigenvalue weighted by atomic mass is 79.9. The average Bonchev–Trinajstić information content (AvgIpc) is 3.30. The zero-order valence-corrected chi connectivity index (χ0v) is 21.4. The minimum atomic E-state index is -3.83. The number of amides is 1. The van der Waals surface area contributed by atoms with Crippen LogP contribution < -0.4 is 0 Å². The molecular weight excluding hydrogens is 508 g/mol. The number of rotatable bonds is 10. The van der Waals surface area contributed by atoms with Crippen molar-refractivity contribution in [2.75, 3.05) is 6.54 Å². The van der Waals surface area contributed by atoms with Crippen LogP contribution in [0.25, 0.3) is 0 Å². The van der Waals surface area contributed by atoms with E-state index < -0.39 is 10.0 Å². The fourth-order valence-electron chi connectivity index (χ4n) is 3.28. The van der Waals surface area contributed by atoms with Gasteiger partial charge in [-0.1, -0.05) is 59.3 Å². The minimum Gasteiger partial charge on any atom is -0.332 e. The predicted molar refractivity (Wildman–Crippen MR) is 133 cm³/mol. The van der Waals surface area contributed by atoms with Crippen LogP contribution in [0.3, 0.4) is 0 Å². The van der Waals surface area contributed by atoms with Crippen LogP contribution in [0.1, 0.15) is 30.7 Å². The van der Waals surface area contributed by atoms with Crippen molar-refractivity contribution in [3.63, 3.8) is 0 Å². The van der Waals surface area contributed by atoms with Gasteiger partial charge in [-0.25, -0.2) is 8.42 Å². The number of sulfonamides is 1. The number of nitrogens with zero attached hydrogens (tertiary/aromatic N) is 2. The predicted octanol–water partition coefficient (Wildman–Crippen LogP) is 5.53. The molecule has 170 valence electrons. The highest BCUT2D eigenvalue weighted by Gasteiger charge is 2.32. The summed E-state index contributed by atoms with van der Waals surface area (Å²) in [6, 6.07) is 19.9. The third-order valence-electron chi connectivity index (χ3n) is 5.29. The van der Waals surface area contributed by atoms with E-state index in [1.165, 1.54) is 4.31 Å². The first-order chi connectivity index (χ1) is 15.3. The maximum absolute atomic E-state index is 13.5. The second kappa shape index (κ2) is 11.2. The quantitative estimate of drug-likeness (QED) is 0.343. The van der Waals surface area contributed by atoms with Gasteiger partial charge in [0.05, 0.1) is 18.0 Å². The van der Waals surface area contributed by atoms with Crippen LogP contribution in [0, 0.1) is 0 Å². The van der Waals surface area contributed by atoms with Crippen LogP contribution in [0.5, 0.6) is 0 Å². The molecule has 0 aliphatic rings. The van der Waals surface area contributed by atoms with Crippen molar-refractivity contribution < 1.29 is 13.2 Å². The normalized spacial score (nSPS) is 12.6. The van der Waals surface area contributed by atoms with Crippen molar-refractivity contribution >= 4 is 43.2 Å². The molecule has 0 fully saturated rings. The Labute approximate surface area is 202 Å². The van der Waals surface area contributed by atoms with E-state index in [2.05, 4.69) is 15.9 Å². The van der Waals surface area contributed by atoms with E-state index in [1.54, 1.807) is 40.5 Å². The fourth-order valence-corrected chi connectivity index (χ4v) is 5.92. The summed E-state index contributed by atoms with van der Waals surface area (Å²) >= 11 is 4.93. The molecule has 32 heavy (non-hydrogen) atoms. The molecule has 0 aliphatic carbocycles. The molecule has 8 heteroatoms. The number of benzene rings is 2. The lowest BCUT2D eigenvalue weighted by Gasteiger charge is -2.30. The van der Waals surface area contributed by atoms with Crippen LogP contribution in [-0.2, 0) is 27.9 Å². The van der Waals surface area contributed by atoms with Crippen LogP contribution in [0.4, 0.5) is 0 Å². The average molecular weight is 536 g/mol. The molecule has 3 aromatic rings. The maximum Gasteiger partial charge on any atom is 0.243 e. The summed E-state index contributed by atoms with van der Waals surface area (Å²) in [5.74, 6) is -0.219. The SMILES string of the molecule is CCC(C)N(CC(=O)N(Cc1ccccc1)Cc1cccs1)S(=O)(=O)c1ccc(Br)cc1. The maximum atomic E-state index is 13.5. The van der Waals surface area contributed by atoms with Gasteiger partial charge in [0.25, 0.3) is 0 Å². The zero-order valence-electron chi connectivity index (χ0n) is 18.1. The van der Waals surface area contributed by atoms with Crippen LogP contribution >= 0.6 is 27.3 Å². The summed E-state index contributed by atoms with van der Waals surface area (Å²) in [7, 11) is -3.83. The summed E-state index contributed by atoms with van der Waals surface area (Å²) < 4.78 is 29.0. The van der Waals surface area contributed by atoms with Gasteiger partial charge >= 0.3 is 0 Å². The van der Waals surface area contributed by atoms with E-state index in [4.69, 9.17) is 0 Å². The molecular formula is C24H27BrN2O3S2. The van der Waals surface area contributed by atoms with Gasteiger partial charge in [0.2, 0.25) is 15.9 Å². The van der Waals surface area contributed by atoms with Crippen molar-refractivity contribution in [2.45, 2.75) is 44.3 Å². The first-order valence-corrected chi connectivity index (χ1v) is 13.5. The molecule has 0 saturated carbocycles. The first kappa shape index (κ1) is 24.6. The van der Waals surface area contributed by atoms with Crippen molar-refractivity contribution in [1.82, 2.24) is 9.21 Å². The van der Waals surface area contributed by atoms with Crippen molar-refractivity contribution in [2.24, 2.45) is 0 Å². The van der Waals surface area contributed by atoms with E-state index in [9.17, 15) is 13.2 Å². The number of carbonyl (C=O) groups is 1. The molecule has 1 amide bonds. The Kier molecular flexibility index (Phi) is 8.64. The topological polar surface area (TPSA) is 57.7 Å². The lowest BCUT2D eigenvalue weighted by atomic mass is 10.2. The van der Waals surface area contributed by atoms with Gasteiger partial charge in [-0.15, -0.1) is 11.3 Å². The van der Waals surface area contributed by atoms with Crippen LogP contribution in [0.15, 0.2) is 81.5 Å². The Morgan fingerprint density at radius 2 is 1.69 bits per heavy atom. The number of hydrogen-bond donors (Lipinski definition) is 0. The molecule has 1 aromatic heterocycles. The molecule has 0 radical (unpaired) electrons. The smallest absolute Gasteiger partial charge is 0.243 e. The molecule has 0 N–H and O–H groups in total. The largest absolute Gasteiger partial charge is 0.332 e. The number of hydrogen-bond acceptors (Lipinski definition) is 4. The van der Waals surface area contributed by atoms with Gasteiger partial charge in [-0.3, -0.25) is 4.79 Å². The van der Waals surface area contributed by atoms with Gasteiger partial charge < -0.3 is 4.90 Å². The van der Waals surface area contributed by atoms with Crippen molar-refractivity contribution in [3.05, 3.63) is 87.0 Å². The Hall–Kier alpha value is -2.00. The van der Waals surface area contributed by atoms with Crippen molar-refractivity contribution in [1.29, 1.82) is 0 Å². The molecule has 3 rings (SSSR count). The second-order valence-corrected chi connectivity index (χ2v) is 11.4. The fraction of sp³-hybridized carbons (Fsp3) is 0.292. The summed E-state index contributed by atoms with van der Waals surface area (Å²) in [6.45, 7) is 4.42. The number of carbonyl (C=O) groups excluding carboxylic acids is 1. The molecule has 1 heterocycles. The molecule has 1 unspecified atom stereocenters. The lowest BCUT2D eigenvalue weighted by molar-refractivity contribution is -0.133. The Morgan fingerprint density at radius 3 is 2.28 bits per heavy atom. The summed E-state index contributed by atoms with van der Waals surface area (Å²) in [6.07, 6.45) is 0.604. The number of thiophene rings is 1. The van der Waals surface area contributed by atoms with Crippen LogP contribution in [-0.4, -0.2) is 36.1 Å². The molecule has 5 nitrogen and oxygen atoms in total. The Bertz CT molecular complexity index is 1100. The van der Waals surface area contributed by atoms with Gasteiger partial charge in [0.15, 0.2) is 0 Å². The second-order valence-electron chi connectivity index (χ2n) is 7.58. The number of halogens is 1. The van der Waals surface area contributed by atoms with E-state index in [0.29, 0.717) is 19.5 Å². The van der Waals surface area contributed by atoms with E-state index in [1.807, 2.05) is 61.7 Å². The highest BCUT2D eigenvalue weighted by Crippen LogP contribution is 2.23. The molecule has 1 atom stereocenters. The third-order valence-corrected chi connectivity index (χ3v) is 8.65. The highest BCUT2D eigenvalue weighted by molar-refractivity contribution is 9.10. The standard InChI is InChI=1S/C24H27BrN2O3S2/c1-3-19(2)27(32(29,30)23-13-11-21(25)12-14-23)18-24(28)26(17-22-10-7-15-31-22)16-20-8-5-4-6-9-20/h4-15,19H,3,16-18H2,1-2H3. The van der Waals surface area contributed by atoms with E-state index in [0.717, 1.165) is 14.9 Å². The Morgan fingerprint density at radius 1 is 1.00 bits per heavy atom. The van der Waals surface area contributed by atoms with Gasteiger partial charge in [-0.2, -0.15) is 4.31 Å². The van der Waals surface area contributed by atoms with Crippen LogP contribution in [0.2, 0.25) is 0 Å². The Balaban J connectivity index is 1.88. The summed E-state index contributed by atoms with van der Waals surface area (Å²) in [5.41, 5.74) is 1.00. The minimum absolute atomic E-state index is 0.182. The van der Waals surface area contributed by atoms with Gasteiger partial charge in [-0.05, 0) is 54.6 Å².